The molecule has 0 bridgehead atoms. The van der Waals surface area contributed by atoms with Crippen molar-refractivity contribution in [2.24, 2.45) is 28.6 Å². The standard InChI is InChI=1S/C20H28O5/c1-9-15-11(25-17(9)23)6-13-18(2)5-4-10-8-19(10,3)12(18)7-14(21)20(13,24)16(15)22/h10-14,16,21-22,24H,4-8H2,1-3H3/t10-,11-,12+,13+,14-,16+,18-,19+,20+/m1/s1. The molecule has 3 N–H and O–H groups in total. The highest BCUT2D eigenvalue weighted by molar-refractivity contribution is 5.92. The topological polar surface area (TPSA) is 87.0 Å². The van der Waals surface area contributed by atoms with Gasteiger partial charge in [0.25, 0.3) is 0 Å². The Labute approximate surface area is 148 Å². The number of rotatable bonds is 0. The van der Waals surface area contributed by atoms with Crippen molar-refractivity contribution in [3.05, 3.63) is 11.1 Å². The third kappa shape index (κ3) is 1.68. The number of carbonyl (C=O) groups is 1. The van der Waals surface area contributed by atoms with Crippen molar-refractivity contribution in [2.75, 3.05) is 0 Å². The van der Waals surface area contributed by atoms with Crippen molar-refractivity contribution in [3.63, 3.8) is 0 Å². The molecule has 1 heterocycles. The van der Waals surface area contributed by atoms with E-state index in [9.17, 15) is 20.1 Å². The summed E-state index contributed by atoms with van der Waals surface area (Å²) in [4.78, 5) is 12.0. The summed E-state index contributed by atoms with van der Waals surface area (Å²) in [5, 5.41) is 33.6. The van der Waals surface area contributed by atoms with E-state index in [1.54, 1.807) is 6.92 Å². The number of esters is 1. The Morgan fingerprint density at radius 1 is 1.12 bits per heavy atom. The van der Waals surface area contributed by atoms with Crippen LogP contribution < -0.4 is 0 Å². The molecular weight excluding hydrogens is 320 g/mol. The third-order valence-electron chi connectivity index (χ3n) is 8.95. The lowest BCUT2D eigenvalue weighted by atomic mass is 9.44. The fraction of sp³-hybridized carbons (Fsp3) is 0.850. The van der Waals surface area contributed by atoms with Crippen LogP contribution in [0.3, 0.4) is 0 Å². The second-order valence-corrected chi connectivity index (χ2v) is 9.81. The van der Waals surface area contributed by atoms with Gasteiger partial charge in [-0.1, -0.05) is 13.8 Å². The zero-order chi connectivity index (χ0) is 17.9. The Kier molecular flexibility index (Phi) is 2.92. The van der Waals surface area contributed by atoms with Gasteiger partial charge >= 0.3 is 5.97 Å². The Morgan fingerprint density at radius 2 is 1.84 bits per heavy atom. The van der Waals surface area contributed by atoms with E-state index >= 15 is 0 Å². The SMILES string of the molecule is CC1=C2[C@@H](C[C@H]3[C@]4(C)CC[C@@H]5C[C@]5(C)[C@H]4C[C@@H](O)[C@]3(O)[C@H]2O)OC1=O. The Hall–Kier alpha value is -0.910. The average Bonchev–Trinajstić information content (AvgIpc) is 3.15. The van der Waals surface area contributed by atoms with Crippen LogP contribution in [0.25, 0.3) is 0 Å². The Balaban J connectivity index is 1.62. The van der Waals surface area contributed by atoms with Gasteiger partial charge in [0.2, 0.25) is 0 Å². The zero-order valence-corrected chi connectivity index (χ0v) is 15.2. The molecule has 0 spiro atoms. The summed E-state index contributed by atoms with van der Waals surface area (Å²) in [5.74, 6) is 0.402. The molecule has 4 saturated carbocycles. The molecule has 5 aliphatic rings. The van der Waals surface area contributed by atoms with Crippen LogP contribution in [0.2, 0.25) is 0 Å². The van der Waals surface area contributed by atoms with Gasteiger partial charge in [-0.05, 0) is 61.7 Å². The van der Waals surface area contributed by atoms with Gasteiger partial charge in [-0.25, -0.2) is 4.79 Å². The van der Waals surface area contributed by atoms with Gasteiger partial charge in [0.1, 0.15) is 17.8 Å². The minimum absolute atomic E-state index is 0.148. The van der Waals surface area contributed by atoms with E-state index in [4.69, 9.17) is 4.74 Å². The quantitative estimate of drug-likeness (QED) is 0.578. The van der Waals surface area contributed by atoms with Gasteiger partial charge in [0, 0.05) is 17.1 Å². The molecule has 0 amide bonds. The minimum atomic E-state index is -1.59. The molecule has 0 aromatic heterocycles. The van der Waals surface area contributed by atoms with Gasteiger partial charge in [-0.15, -0.1) is 0 Å². The van der Waals surface area contributed by atoms with Gasteiger partial charge < -0.3 is 20.1 Å². The number of fused-ring (bicyclic) bond motifs is 6. The predicted octanol–water partition coefficient (Wildman–Crippen LogP) is 1.55. The summed E-state index contributed by atoms with van der Waals surface area (Å²) in [6, 6.07) is 0. The van der Waals surface area contributed by atoms with Crippen molar-refractivity contribution in [1.82, 2.24) is 0 Å². The van der Waals surface area contributed by atoms with Crippen LogP contribution in [0.5, 0.6) is 0 Å². The van der Waals surface area contributed by atoms with E-state index in [0.29, 0.717) is 29.9 Å². The first-order valence-electron chi connectivity index (χ1n) is 9.64. The minimum Gasteiger partial charge on any atom is -0.454 e. The van der Waals surface area contributed by atoms with Crippen LogP contribution in [0, 0.1) is 28.6 Å². The van der Waals surface area contributed by atoms with Crippen molar-refractivity contribution in [3.8, 4) is 0 Å². The summed E-state index contributed by atoms with van der Waals surface area (Å²) in [6.07, 6.45) is 1.71. The highest BCUT2D eigenvalue weighted by atomic mass is 16.6. The highest BCUT2D eigenvalue weighted by Gasteiger charge is 2.73. The second-order valence-electron chi connectivity index (χ2n) is 9.81. The van der Waals surface area contributed by atoms with Crippen LogP contribution in [-0.4, -0.2) is 45.2 Å². The molecule has 4 aliphatic carbocycles. The number of ether oxygens (including phenoxy) is 1. The van der Waals surface area contributed by atoms with Crippen LogP contribution >= 0.6 is 0 Å². The molecule has 0 aromatic carbocycles. The monoisotopic (exact) mass is 348 g/mol. The van der Waals surface area contributed by atoms with Gasteiger partial charge in [-0.3, -0.25) is 0 Å². The predicted molar refractivity (Wildman–Crippen MR) is 89.3 cm³/mol. The fourth-order valence-electron chi connectivity index (χ4n) is 7.36. The first kappa shape index (κ1) is 16.3. The van der Waals surface area contributed by atoms with E-state index in [1.165, 1.54) is 6.42 Å². The molecular formula is C20H28O5. The zero-order valence-electron chi connectivity index (χ0n) is 15.2. The maximum absolute atomic E-state index is 12.0. The van der Waals surface area contributed by atoms with Crippen LogP contribution in [-0.2, 0) is 9.53 Å². The van der Waals surface area contributed by atoms with E-state index in [0.717, 1.165) is 18.8 Å². The van der Waals surface area contributed by atoms with Crippen LogP contribution in [0.15, 0.2) is 11.1 Å². The molecule has 0 unspecified atom stereocenters. The number of hydrogen-bond acceptors (Lipinski definition) is 5. The summed E-state index contributed by atoms with van der Waals surface area (Å²) in [5.41, 5.74) is -0.619. The Bertz CT molecular complexity index is 700. The second kappa shape index (κ2) is 4.49. The molecule has 5 nitrogen and oxygen atoms in total. The molecule has 4 fully saturated rings. The van der Waals surface area contributed by atoms with Crippen molar-refractivity contribution >= 4 is 5.97 Å². The third-order valence-corrected chi connectivity index (χ3v) is 8.95. The highest BCUT2D eigenvalue weighted by Crippen LogP contribution is 2.74. The normalized spacial score (nSPS) is 59.5. The number of hydrogen-bond donors (Lipinski definition) is 3. The van der Waals surface area contributed by atoms with E-state index in [1.807, 2.05) is 0 Å². The number of aliphatic hydroxyl groups excluding tert-OH is 2. The van der Waals surface area contributed by atoms with Crippen molar-refractivity contribution in [2.45, 2.75) is 76.8 Å². The lowest BCUT2D eigenvalue weighted by Gasteiger charge is -2.63. The molecule has 5 rings (SSSR count). The Morgan fingerprint density at radius 3 is 2.56 bits per heavy atom. The molecule has 5 heteroatoms. The van der Waals surface area contributed by atoms with E-state index in [-0.39, 0.29) is 16.7 Å². The molecule has 0 aromatic rings. The van der Waals surface area contributed by atoms with E-state index in [2.05, 4.69) is 13.8 Å². The number of aliphatic hydroxyl groups is 3. The van der Waals surface area contributed by atoms with Gasteiger partial charge in [0.15, 0.2) is 0 Å². The van der Waals surface area contributed by atoms with E-state index < -0.39 is 29.9 Å². The van der Waals surface area contributed by atoms with Crippen molar-refractivity contribution < 1.29 is 24.9 Å². The van der Waals surface area contributed by atoms with Crippen LogP contribution in [0.4, 0.5) is 0 Å². The summed E-state index contributed by atoms with van der Waals surface area (Å²) < 4.78 is 5.50. The lowest BCUT2D eigenvalue weighted by Crippen LogP contribution is -2.71. The molecule has 25 heavy (non-hydrogen) atoms. The van der Waals surface area contributed by atoms with Gasteiger partial charge in [-0.2, -0.15) is 0 Å². The maximum atomic E-state index is 12.0. The molecule has 0 radical (unpaired) electrons. The first-order valence-corrected chi connectivity index (χ1v) is 9.64. The fourth-order valence-corrected chi connectivity index (χ4v) is 7.36. The summed E-state index contributed by atoms with van der Waals surface area (Å²) in [6.45, 7) is 6.19. The average molecular weight is 348 g/mol. The molecule has 9 atom stereocenters. The lowest BCUT2D eigenvalue weighted by molar-refractivity contribution is -0.263. The number of carbonyl (C=O) groups excluding carboxylic acids is 1. The van der Waals surface area contributed by atoms with Crippen molar-refractivity contribution in [1.29, 1.82) is 0 Å². The smallest absolute Gasteiger partial charge is 0.334 e. The maximum Gasteiger partial charge on any atom is 0.334 e. The van der Waals surface area contributed by atoms with Gasteiger partial charge in [0.05, 0.1) is 6.10 Å². The molecule has 0 saturated heterocycles. The summed E-state index contributed by atoms with van der Waals surface area (Å²) in [7, 11) is 0. The largest absolute Gasteiger partial charge is 0.454 e. The molecule has 138 valence electrons. The first-order chi connectivity index (χ1) is 11.6. The summed E-state index contributed by atoms with van der Waals surface area (Å²) >= 11 is 0. The molecule has 1 aliphatic heterocycles. The van der Waals surface area contributed by atoms with Crippen LogP contribution in [0.1, 0.15) is 52.9 Å².